The highest BCUT2D eigenvalue weighted by atomic mass is 79.9. The van der Waals surface area contributed by atoms with Crippen LogP contribution in [0.5, 0.6) is 0 Å². The zero-order valence-electron chi connectivity index (χ0n) is 10.1. The van der Waals surface area contributed by atoms with E-state index in [2.05, 4.69) is 26.1 Å². The summed E-state index contributed by atoms with van der Waals surface area (Å²) in [4.78, 5) is 24.4. The summed E-state index contributed by atoms with van der Waals surface area (Å²) in [5.41, 5.74) is 0.327. The number of halogens is 1. The number of rotatable bonds is 3. The van der Waals surface area contributed by atoms with Crippen LogP contribution in [-0.4, -0.2) is 33.5 Å². The van der Waals surface area contributed by atoms with Crippen molar-refractivity contribution in [1.29, 1.82) is 5.26 Å². The van der Waals surface area contributed by atoms with Crippen molar-refractivity contribution in [1.82, 2.24) is 10.2 Å². The van der Waals surface area contributed by atoms with Crippen LogP contribution in [0.1, 0.15) is 18.9 Å². The van der Waals surface area contributed by atoms with Crippen molar-refractivity contribution in [3.8, 4) is 6.07 Å². The van der Waals surface area contributed by atoms with E-state index in [1.807, 2.05) is 6.07 Å². The molecule has 0 saturated carbocycles. The van der Waals surface area contributed by atoms with E-state index in [-0.39, 0.29) is 16.9 Å². The van der Waals surface area contributed by atoms with Gasteiger partial charge in [0, 0.05) is 25.6 Å². The third kappa shape index (κ3) is 2.98. The monoisotopic (exact) mass is 342 g/mol. The fourth-order valence-corrected chi connectivity index (χ4v) is 2.99. The Balaban J connectivity index is 2.12. The average Bonchev–Trinajstić information content (AvgIpc) is 2.89. The summed E-state index contributed by atoms with van der Waals surface area (Å²) in [5, 5.41) is 15.7. The van der Waals surface area contributed by atoms with E-state index in [0.29, 0.717) is 34.7 Å². The Morgan fingerprint density at radius 3 is 3.11 bits per heavy atom. The Kier molecular flexibility index (Phi) is 4.27. The van der Waals surface area contributed by atoms with Crippen LogP contribution in [-0.2, 0) is 9.59 Å². The molecular weight excluding hydrogens is 332 g/mol. The van der Waals surface area contributed by atoms with Crippen LogP contribution in [0.2, 0.25) is 0 Å². The molecule has 1 unspecified atom stereocenters. The lowest BCUT2D eigenvalue weighted by Gasteiger charge is -2.13. The van der Waals surface area contributed by atoms with Crippen LogP contribution in [0, 0.1) is 17.2 Å². The molecule has 1 fully saturated rings. The molecule has 2 heterocycles. The quantitative estimate of drug-likeness (QED) is 0.902. The van der Waals surface area contributed by atoms with Gasteiger partial charge in [0.15, 0.2) is 10.9 Å². The molecule has 1 N–H and O–H groups in total. The van der Waals surface area contributed by atoms with Crippen molar-refractivity contribution < 1.29 is 9.59 Å². The van der Waals surface area contributed by atoms with Crippen LogP contribution in [0.15, 0.2) is 4.60 Å². The Bertz CT molecular complexity index is 566. The fraction of sp³-hybridized carbons (Fsp3) is 0.455. The standard InChI is InChI=1S/C11H11BrN4O2S/c1-6(17)19-5-7-2-9(18)16(4-7)11-8(3-13)10(12)14-15-11/h7H,2,4-5H2,1H3,(H,14,15). The predicted molar refractivity (Wildman–Crippen MR) is 74.6 cm³/mol. The van der Waals surface area contributed by atoms with E-state index in [1.54, 1.807) is 0 Å². The molecule has 1 aliphatic heterocycles. The molecule has 0 aliphatic carbocycles. The average molecular weight is 343 g/mol. The van der Waals surface area contributed by atoms with Gasteiger partial charge in [-0.25, -0.2) is 0 Å². The summed E-state index contributed by atoms with van der Waals surface area (Å²) in [6.45, 7) is 2.00. The highest BCUT2D eigenvalue weighted by Gasteiger charge is 2.34. The largest absolute Gasteiger partial charge is 0.294 e. The van der Waals surface area contributed by atoms with E-state index < -0.39 is 0 Å². The lowest BCUT2D eigenvalue weighted by atomic mass is 10.1. The minimum absolute atomic E-state index is 0.0473. The van der Waals surface area contributed by atoms with E-state index in [1.165, 1.54) is 23.6 Å². The molecule has 0 aromatic carbocycles. The van der Waals surface area contributed by atoms with Crippen molar-refractivity contribution in [2.24, 2.45) is 5.92 Å². The van der Waals surface area contributed by atoms with E-state index in [9.17, 15) is 9.59 Å². The number of nitriles is 1. The summed E-state index contributed by atoms with van der Waals surface area (Å²) >= 11 is 4.40. The number of aromatic nitrogens is 2. The molecule has 0 radical (unpaired) electrons. The molecule has 2 rings (SSSR count). The van der Waals surface area contributed by atoms with Crippen molar-refractivity contribution in [2.75, 3.05) is 17.2 Å². The zero-order valence-corrected chi connectivity index (χ0v) is 12.5. The second-order valence-electron chi connectivity index (χ2n) is 4.23. The van der Waals surface area contributed by atoms with E-state index in [4.69, 9.17) is 5.26 Å². The minimum atomic E-state index is -0.0651. The highest BCUT2D eigenvalue weighted by Crippen LogP contribution is 2.30. The molecular formula is C11H11BrN4O2S. The lowest BCUT2D eigenvalue weighted by molar-refractivity contribution is -0.117. The molecule has 1 saturated heterocycles. The Labute approximate surface area is 122 Å². The molecule has 0 spiro atoms. The maximum absolute atomic E-state index is 12.0. The molecule has 1 aromatic rings. The zero-order chi connectivity index (χ0) is 14.0. The van der Waals surface area contributed by atoms with Crippen molar-refractivity contribution in [3.63, 3.8) is 0 Å². The van der Waals surface area contributed by atoms with Crippen molar-refractivity contribution in [2.45, 2.75) is 13.3 Å². The summed E-state index contributed by atoms with van der Waals surface area (Å²) in [7, 11) is 0. The molecule has 6 nitrogen and oxygen atoms in total. The first-order valence-corrected chi connectivity index (χ1v) is 7.38. The number of hydrogen-bond donors (Lipinski definition) is 1. The number of anilines is 1. The van der Waals surface area contributed by atoms with Crippen LogP contribution in [0.4, 0.5) is 5.82 Å². The maximum atomic E-state index is 12.0. The summed E-state index contributed by atoms with van der Waals surface area (Å²) in [6.07, 6.45) is 0.385. The molecule has 1 amide bonds. The number of hydrogen-bond acceptors (Lipinski definition) is 5. The molecule has 1 aliphatic rings. The molecule has 1 atom stereocenters. The first-order chi connectivity index (χ1) is 9.02. The molecule has 19 heavy (non-hydrogen) atoms. The molecule has 100 valence electrons. The Morgan fingerprint density at radius 1 is 1.74 bits per heavy atom. The predicted octanol–water partition coefficient (Wildman–Crippen LogP) is 1.68. The number of nitrogens with zero attached hydrogens (tertiary/aromatic N) is 3. The van der Waals surface area contributed by atoms with Gasteiger partial charge in [0.25, 0.3) is 0 Å². The minimum Gasteiger partial charge on any atom is -0.294 e. The van der Waals surface area contributed by atoms with Gasteiger partial charge < -0.3 is 0 Å². The Hall–Kier alpha value is -1.33. The topological polar surface area (TPSA) is 89.8 Å². The highest BCUT2D eigenvalue weighted by molar-refractivity contribution is 9.10. The van der Waals surface area contributed by atoms with Crippen molar-refractivity contribution in [3.05, 3.63) is 10.2 Å². The first kappa shape index (κ1) is 14.1. The van der Waals surface area contributed by atoms with Gasteiger partial charge in [-0.05, 0) is 21.8 Å². The lowest BCUT2D eigenvalue weighted by Crippen LogP contribution is -2.26. The van der Waals surface area contributed by atoms with Crippen LogP contribution in [0.25, 0.3) is 0 Å². The van der Waals surface area contributed by atoms with Crippen molar-refractivity contribution >= 4 is 44.5 Å². The fourth-order valence-electron chi connectivity index (χ4n) is 1.94. The number of carbonyl (C=O) groups is 2. The van der Waals surface area contributed by atoms with E-state index in [0.717, 1.165) is 0 Å². The van der Waals surface area contributed by atoms with Gasteiger partial charge in [-0.3, -0.25) is 19.6 Å². The van der Waals surface area contributed by atoms with Gasteiger partial charge in [0.1, 0.15) is 16.2 Å². The number of nitrogens with one attached hydrogen (secondary N) is 1. The number of H-pyrrole nitrogens is 1. The second-order valence-corrected chi connectivity index (χ2v) is 6.22. The summed E-state index contributed by atoms with van der Waals surface area (Å²) in [6, 6.07) is 2.01. The Morgan fingerprint density at radius 2 is 2.47 bits per heavy atom. The SMILES string of the molecule is CC(=O)SCC1CC(=O)N(c2n[nH]c(Br)c2C#N)C1. The van der Waals surface area contributed by atoms with Gasteiger partial charge in [0.05, 0.1) is 0 Å². The number of aromatic amines is 1. The van der Waals surface area contributed by atoms with Gasteiger partial charge in [0.2, 0.25) is 5.91 Å². The smallest absolute Gasteiger partial charge is 0.228 e. The maximum Gasteiger partial charge on any atom is 0.228 e. The third-order valence-corrected chi connectivity index (χ3v) is 4.42. The number of thioether (sulfide) groups is 1. The third-order valence-electron chi connectivity index (χ3n) is 2.80. The number of carbonyl (C=O) groups excluding carboxylic acids is 2. The summed E-state index contributed by atoms with van der Waals surface area (Å²) < 4.78 is 0.472. The normalized spacial score (nSPS) is 18.7. The van der Waals surface area contributed by atoms with Crippen LogP contribution < -0.4 is 4.90 Å². The molecule has 0 bridgehead atoms. The number of amides is 1. The van der Waals surface area contributed by atoms with Gasteiger partial charge >= 0.3 is 0 Å². The van der Waals surface area contributed by atoms with Gasteiger partial charge in [-0.1, -0.05) is 11.8 Å². The van der Waals surface area contributed by atoms with Gasteiger partial charge in [-0.2, -0.15) is 10.4 Å². The van der Waals surface area contributed by atoms with E-state index >= 15 is 0 Å². The van der Waals surface area contributed by atoms with Crippen LogP contribution >= 0.6 is 27.7 Å². The van der Waals surface area contributed by atoms with Gasteiger partial charge in [-0.15, -0.1) is 0 Å². The molecule has 8 heteroatoms. The summed E-state index contributed by atoms with van der Waals surface area (Å²) in [5.74, 6) is 1.02. The van der Waals surface area contributed by atoms with Crippen LogP contribution in [0.3, 0.4) is 0 Å². The second kappa shape index (κ2) is 5.75. The molecule has 1 aromatic heterocycles. The first-order valence-electron chi connectivity index (χ1n) is 5.60.